The molecule has 0 fully saturated rings. The van der Waals surface area contributed by atoms with E-state index < -0.39 is 0 Å². The smallest absolute Gasteiger partial charge is 0.276 e. The summed E-state index contributed by atoms with van der Waals surface area (Å²) in [5.74, 6) is 0.607. The largest absolute Gasteiger partial charge is 0.294 e. The Balaban J connectivity index is 2.57. The number of aromatic nitrogens is 3. The monoisotopic (exact) mass is 281 g/mol. The summed E-state index contributed by atoms with van der Waals surface area (Å²) in [6.45, 7) is 3.87. The molecule has 84 valence electrons. The minimum atomic E-state index is -0.0187. The lowest BCUT2D eigenvalue weighted by molar-refractivity contribution is 0.805. The van der Waals surface area contributed by atoms with E-state index in [4.69, 9.17) is 0 Å². The lowest BCUT2D eigenvalue weighted by atomic mass is 10.2. The number of H-pyrrole nitrogens is 1. The number of hydrogen-bond acceptors (Lipinski definition) is 2. The highest BCUT2D eigenvalue weighted by Crippen LogP contribution is 2.10. The summed E-state index contributed by atoms with van der Waals surface area (Å²) in [4.78, 5) is 16.2. The van der Waals surface area contributed by atoms with Gasteiger partial charge in [-0.15, -0.1) is 0 Å². The number of pyridine rings is 1. The number of halogens is 1. The molecule has 0 bridgehead atoms. The van der Waals surface area contributed by atoms with Crippen molar-refractivity contribution in [1.29, 1.82) is 0 Å². The Morgan fingerprint density at radius 2 is 2.25 bits per heavy atom. The summed E-state index contributed by atoms with van der Waals surface area (Å²) >= 11 is 3.31. The minimum absolute atomic E-state index is 0.0187. The van der Waals surface area contributed by atoms with Gasteiger partial charge in [-0.1, -0.05) is 6.92 Å². The Morgan fingerprint density at radius 3 is 2.75 bits per heavy atom. The number of aryl methyl sites for hydroxylation is 1. The third-order valence-corrected chi connectivity index (χ3v) is 2.96. The van der Waals surface area contributed by atoms with E-state index in [9.17, 15) is 4.79 Å². The van der Waals surface area contributed by atoms with Crippen LogP contribution in [0.3, 0.4) is 0 Å². The fourth-order valence-electron chi connectivity index (χ4n) is 1.66. The van der Waals surface area contributed by atoms with Crippen molar-refractivity contribution in [3.63, 3.8) is 0 Å². The molecule has 0 saturated carbocycles. The van der Waals surface area contributed by atoms with Crippen LogP contribution in [0.5, 0.6) is 0 Å². The first-order valence-corrected chi connectivity index (χ1v) is 5.85. The van der Waals surface area contributed by atoms with Gasteiger partial charge in [0.15, 0.2) is 5.82 Å². The molecule has 4 nitrogen and oxygen atoms in total. The molecule has 0 aliphatic carbocycles. The molecule has 0 atom stereocenters. The van der Waals surface area contributed by atoms with Crippen molar-refractivity contribution in [3.8, 4) is 5.82 Å². The second-order valence-corrected chi connectivity index (χ2v) is 4.46. The summed E-state index contributed by atoms with van der Waals surface area (Å²) in [7, 11) is 0. The summed E-state index contributed by atoms with van der Waals surface area (Å²) in [6, 6.07) is 3.65. The zero-order valence-electron chi connectivity index (χ0n) is 9.12. The minimum Gasteiger partial charge on any atom is -0.294 e. The Bertz CT molecular complexity index is 554. The molecule has 0 saturated heterocycles. The van der Waals surface area contributed by atoms with Gasteiger partial charge in [0, 0.05) is 21.9 Å². The third kappa shape index (κ3) is 1.82. The Kier molecular flexibility index (Phi) is 2.96. The predicted octanol–water partition coefficient (Wildman–Crippen LogP) is 2.19. The van der Waals surface area contributed by atoms with E-state index in [1.54, 1.807) is 12.3 Å². The second kappa shape index (κ2) is 4.25. The van der Waals surface area contributed by atoms with Crippen LogP contribution in [0.25, 0.3) is 5.82 Å². The van der Waals surface area contributed by atoms with Gasteiger partial charge >= 0.3 is 0 Å². The van der Waals surface area contributed by atoms with Crippen LogP contribution in [0.4, 0.5) is 0 Å². The molecule has 0 amide bonds. The average Bonchev–Trinajstić information content (AvgIpc) is 2.55. The van der Waals surface area contributed by atoms with Crippen LogP contribution in [0, 0.1) is 6.92 Å². The molecule has 2 aromatic heterocycles. The lowest BCUT2D eigenvalue weighted by Gasteiger charge is -1.99. The fourth-order valence-corrected chi connectivity index (χ4v) is 1.89. The van der Waals surface area contributed by atoms with E-state index >= 15 is 0 Å². The lowest BCUT2D eigenvalue weighted by Crippen LogP contribution is -2.17. The van der Waals surface area contributed by atoms with Crippen LogP contribution in [0.15, 0.2) is 27.6 Å². The normalized spacial score (nSPS) is 10.7. The van der Waals surface area contributed by atoms with Gasteiger partial charge in [-0.25, -0.2) is 9.67 Å². The third-order valence-electron chi connectivity index (χ3n) is 2.49. The maximum absolute atomic E-state index is 12.0. The van der Waals surface area contributed by atoms with E-state index in [2.05, 4.69) is 26.0 Å². The van der Waals surface area contributed by atoms with Crippen LogP contribution in [0.1, 0.15) is 18.2 Å². The van der Waals surface area contributed by atoms with Crippen molar-refractivity contribution < 1.29 is 0 Å². The van der Waals surface area contributed by atoms with Crippen LogP contribution in [0.2, 0.25) is 0 Å². The maximum atomic E-state index is 12.0. The predicted molar refractivity (Wildman–Crippen MR) is 66.0 cm³/mol. The van der Waals surface area contributed by atoms with Gasteiger partial charge in [0.2, 0.25) is 0 Å². The van der Waals surface area contributed by atoms with Gasteiger partial charge in [-0.05, 0) is 41.4 Å². The number of hydrogen-bond donors (Lipinski definition) is 1. The number of nitrogens with one attached hydrogen (secondary N) is 1. The standard InChI is InChI=1S/C11H12BrN3O/c1-3-9-7(2)14-15(11(9)16)10-5-4-8(12)6-13-10/h4-6,14H,3H2,1-2H3. The Morgan fingerprint density at radius 1 is 1.50 bits per heavy atom. The molecule has 0 aromatic carbocycles. The van der Waals surface area contributed by atoms with E-state index in [0.717, 1.165) is 22.2 Å². The molecule has 0 unspecified atom stereocenters. The molecular weight excluding hydrogens is 270 g/mol. The van der Waals surface area contributed by atoms with Crippen LogP contribution in [-0.2, 0) is 6.42 Å². The molecular formula is C11H12BrN3O. The quantitative estimate of drug-likeness (QED) is 0.918. The number of aromatic amines is 1. The van der Waals surface area contributed by atoms with Crippen LogP contribution in [-0.4, -0.2) is 14.8 Å². The molecule has 2 aromatic rings. The number of nitrogens with zero attached hydrogens (tertiary/aromatic N) is 2. The summed E-state index contributed by atoms with van der Waals surface area (Å²) in [5.41, 5.74) is 1.69. The highest BCUT2D eigenvalue weighted by molar-refractivity contribution is 9.10. The molecule has 0 spiro atoms. The number of rotatable bonds is 2. The average molecular weight is 282 g/mol. The molecule has 0 aliphatic heterocycles. The maximum Gasteiger partial charge on any atom is 0.276 e. The van der Waals surface area contributed by atoms with Crippen molar-refractivity contribution in [3.05, 3.63) is 44.4 Å². The second-order valence-electron chi connectivity index (χ2n) is 3.54. The molecule has 1 N–H and O–H groups in total. The zero-order valence-corrected chi connectivity index (χ0v) is 10.7. The van der Waals surface area contributed by atoms with Crippen molar-refractivity contribution >= 4 is 15.9 Å². The van der Waals surface area contributed by atoms with Gasteiger partial charge in [0.25, 0.3) is 5.56 Å². The van der Waals surface area contributed by atoms with Gasteiger partial charge in [-0.2, -0.15) is 0 Å². The van der Waals surface area contributed by atoms with Gasteiger partial charge in [0.05, 0.1) is 0 Å². The first kappa shape index (κ1) is 11.1. The molecule has 2 heterocycles. The van der Waals surface area contributed by atoms with Crippen molar-refractivity contribution in [1.82, 2.24) is 14.8 Å². The first-order valence-electron chi connectivity index (χ1n) is 5.06. The van der Waals surface area contributed by atoms with Gasteiger partial charge in [0.1, 0.15) is 0 Å². The van der Waals surface area contributed by atoms with Crippen molar-refractivity contribution in [2.45, 2.75) is 20.3 Å². The first-order chi connectivity index (χ1) is 7.63. The molecule has 0 radical (unpaired) electrons. The Hall–Kier alpha value is -1.36. The topological polar surface area (TPSA) is 50.7 Å². The van der Waals surface area contributed by atoms with Crippen molar-refractivity contribution in [2.75, 3.05) is 0 Å². The highest BCUT2D eigenvalue weighted by atomic mass is 79.9. The Labute approximate surface area is 101 Å². The van der Waals surface area contributed by atoms with Crippen LogP contribution < -0.4 is 5.56 Å². The summed E-state index contributed by atoms with van der Waals surface area (Å²) in [5, 5.41) is 3.03. The van der Waals surface area contributed by atoms with Crippen molar-refractivity contribution in [2.24, 2.45) is 0 Å². The van der Waals surface area contributed by atoms with E-state index in [1.807, 2.05) is 19.9 Å². The molecule has 2 rings (SSSR count). The van der Waals surface area contributed by atoms with Gasteiger partial charge < -0.3 is 0 Å². The van der Waals surface area contributed by atoms with E-state index in [-0.39, 0.29) is 5.56 Å². The SMILES string of the molecule is CCc1c(C)[nH]n(-c2ccc(Br)cn2)c1=O. The highest BCUT2D eigenvalue weighted by Gasteiger charge is 2.10. The zero-order chi connectivity index (χ0) is 11.7. The molecule has 16 heavy (non-hydrogen) atoms. The molecule has 5 heteroatoms. The van der Waals surface area contributed by atoms with Gasteiger partial charge in [-0.3, -0.25) is 9.89 Å². The molecule has 0 aliphatic rings. The fraction of sp³-hybridized carbons (Fsp3) is 0.273. The van der Waals surface area contributed by atoms with Crippen LogP contribution >= 0.6 is 15.9 Å². The summed E-state index contributed by atoms with van der Waals surface area (Å²) in [6.07, 6.45) is 2.40. The van der Waals surface area contributed by atoms with E-state index in [0.29, 0.717) is 5.82 Å². The van der Waals surface area contributed by atoms with E-state index in [1.165, 1.54) is 4.68 Å². The summed E-state index contributed by atoms with van der Waals surface area (Å²) < 4.78 is 2.36.